The number of carbonyl (C=O) groups is 1. The fourth-order valence-corrected chi connectivity index (χ4v) is 9.15. The SMILES string of the molecule is CC/C=C\C/C=C\C/C=C\C/C=C\C/C=C\C/C=C\C/C=C\C/C=C\CCCCCCCCCCCCCCCCCCC(=O)NC(CO)C(O)/C=C/CC/C=C/CCCCCCCCCCCCCCCCC. The predicted molar refractivity (Wildman–Crippen MR) is 331 cm³/mol. The number of amides is 1. The highest BCUT2D eigenvalue weighted by molar-refractivity contribution is 5.76. The van der Waals surface area contributed by atoms with Crippen LogP contribution in [0, 0.1) is 0 Å². The molecule has 0 aromatic carbocycles. The molecule has 0 saturated carbocycles. The van der Waals surface area contributed by atoms with E-state index in [1.54, 1.807) is 6.08 Å². The van der Waals surface area contributed by atoms with E-state index in [1.807, 2.05) is 6.08 Å². The summed E-state index contributed by atoms with van der Waals surface area (Å²) in [6, 6.07) is -0.646. The second kappa shape index (κ2) is 64.1. The summed E-state index contributed by atoms with van der Waals surface area (Å²) in [7, 11) is 0. The zero-order valence-corrected chi connectivity index (χ0v) is 48.8. The van der Waals surface area contributed by atoms with Crippen LogP contribution in [0.3, 0.4) is 0 Å². The van der Waals surface area contributed by atoms with Crippen molar-refractivity contribution < 1.29 is 15.0 Å². The summed E-state index contributed by atoms with van der Waals surface area (Å²) in [5.74, 6) is -0.0746. The van der Waals surface area contributed by atoms with Gasteiger partial charge in [-0.1, -0.05) is 315 Å². The first kappa shape index (κ1) is 70.8. The van der Waals surface area contributed by atoms with E-state index in [2.05, 4.69) is 129 Å². The van der Waals surface area contributed by atoms with Gasteiger partial charge in [-0.2, -0.15) is 0 Å². The second-order valence-electron chi connectivity index (χ2n) is 21.1. The summed E-state index contributed by atoms with van der Waals surface area (Å²) in [6.07, 6.45) is 98.2. The molecule has 0 aliphatic rings. The lowest BCUT2D eigenvalue weighted by Crippen LogP contribution is -2.45. The maximum Gasteiger partial charge on any atom is 0.220 e. The molecule has 1 amide bonds. The first-order chi connectivity index (χ1) is 36.7. The van der Waals surface area contributed by atoms with Crippen molar-refractivity contribution in [2.75, 3.05) is 6.61 Å². The van der Waals surface area contributed by atoms with Gasteiger partial charge >= 0.3 is 0 Å². The van der Waals surface area contributed by atoms with Gasteiger partial charge in [0.15, 0.2) is 0 Å². The average Bonchev–Trinajstić information content (AvgIpc) is 3.40. The number of allylic oxidation sites excluding steroid dienone is 19. The van der Waals surface area contributed by atoms with E-state index in [0.717, 1.165) is 83.5 Å². The standard InChI is InChI=1S/C70H121NO3/c1-3-5-7-9-11-13-15-17-19-21-23-25-26-27-28-29-30-31-32-33-34-35-36-37-38-39-40-41-42-43-44-46-48-50-52-54-56-58-60-62-64-66-70(74)71-68(67-72)69(73)65-63-61-59-57-55-53-51-49-47-45-24-22-20-18-16-14-12-10-8-6-4-2/h5,7,11,13,17,19,23,25,27-28,30-31,33-34,36-37,55,57,63,65,68-69,72-73H,3-4,6,8-10,12,14-16,18,20-22,24,26,29,32,35,38-54,56,58-62,64,66-67H2,1-2H3,(H,71,74)/b7-5-,13-11-,19-17-,25-23-,28-27-,31-30-,34-33-,37-36-,57-55+,65-63+. The van der Waals surface area contributed by atoms with Crippen molar-refractivity contribution in [3.8, 4) is 0 Å². The van der Waals surface area contributed by atoms with Gasteiger partial charge in [0.25, 0.3) is 0 Å². The summed E-state index contributed by atoms with van der Waals surface area (Å²) in [6.45, 7) is 4.20. The molecule has 4 nitrogen and oxygen atoms in total. The average molecular weight is 1020 g/mol. The quantitative estimate of drug-likeness (QED) is 0.0420. The van der Waals surface area contributed by atoms with Gasteiger partial charge in [0.2, 0.25) is 5.91 Å². The number of nitrogens with one attached hydrogen (secondary N) is 1. The molecule has 0 saturated heterocycles. The molecule has 0 spiro atoms. The fraction of sp³-hybridized carbons (Fsp3) is 0.700. The molecule has 74 heavy (non-hydrogen) atoms. The number of hydrogen-bond donors (Lipinski definition) is 3. The van der Waals surface area contributed by atoms with Gasteiger partial charge in [-0.25, -0.2) is 0 Å². The zero-order valence-electron chi connectivity index (χ0n) is 48.8. The Bertz CT molecular complexity index is 1440. The topological polar surface area (TPSA) is 69.6 Å². The minimum Gasteiger partial charge on any atom is -0.394 e. The lowest BCUT2D eigenvalue weighted by molar-refractivity contribution is -0.123. The Morgan fingerprint density at radius 3 is 0.946 bits per heavy atom. The lowest BCUT2D eigenvalue weighted by Gasteiger charge is -2.19. The molecule has 0 radical (unpaired) electrons. The highest BCUT2D eigenvalue weighted by Crippen LogP contribution is 2.16. The Hall–Kier alpha value is -3.21. The van der Waals surface area contributed by atoms with Gasteiger partial charge in [-0.3, -0.25) is 4.79 Å². The Kier molecular flexibility index (Phi) is 61.3. The Balaban J connectivity index is 3.54. The van der Waals surface area contributed by atoms with Crippen LogP contribution in [0.2, 0.25) is 0 Å². The van der Waals surface area contributed by atoms with E-state index in [0.29, 0.717) is 6.42 Å². The summed E-state index contributed by atoms with van der Waals surface area (Å²) >= 11 is 0. The summed E-state index contributed by atoms with van der Waals surface area (Å²) in [5, 5.41) is 23.2. The van der Waals surface area contributed by atoms with Crippen molar-refractivity contribution >= 4 is 5.91 Å². The van der Waals surface area contributed by atoms with Crippen molar-refractivity contribution in [1.82, 2.24) is 5.32 Å². The number of aliphatic hydroxyl groups is 2. The largest absolute Gasteiger partial charge is 0.394 e. The molecule has 424 valence electrons. The Morgan fingerprint density at radius 1 is 0.338 bits per heavy atom. The number of aliphatic hydroxyl groups excluding tert-OH is 2. The summed E-state index contributed by atoms with van der Waals surface area (Å²) < 4.78 is 0. The van der Waals surface area contributed by atoms with Crippen LogP contribution < -0.4 is 5.32 Å². The van der Waals surface area contributed by atoms with Crippen LogP contribution in [0.5, 0.6) is 0 Å². The molecule has 2 unspecified atom stereocenters. The molecule has 0 aliphatic heterocycles. The van der Waals surface area contributed by atoms with E-state index >= 15 is 0 Å². The highest BCUT2D eigenvalue weighted by Gasteiger charge is 2.18. The van der Waals surface area contributed by atoms with E-state index in [1.165, 1.54) is 193 Å². The number of unbranched alkanes of at least 4 members (excludes halogenated alkanes) is 32. The number of carbonyl (C=O) groups excluding carboxylic acids is 1. The molecule has 4 heteroatoms. The van der Waals surface area contributed by atoms with Gasteiger partial charge in [-0.05, 0) is 96.3 Å². The van der Waals surface area contributed by atoms with E-state index in [4.69, 9.17) is 0 Å². The summed E-state index contributed by atoms with van der Waals surface area (Å²) in [5.41, 5.74) is 0. The van der Waals surface area contributed by atoms with Crippen molar-refractivity contribution in [2.24, 2.45) is 0 Å². The predicted octanol–water partition coefficient (Wildman–Crippen LogP) is 21.6. The van der Waals surface area contributed by atoms with Crippen LogP contribution in [-0.2, 0) is 4.79 Å². The van der Waals surface area contributed by atoms with Crippen LogP contribution >= 0.6 is 0 Å². The molecule has 0 rings (SSSR count). The molecule has 0 aromatic rings. The molecule has 0 aliphatic carbocycles. The van der Waals surface area contributed by atoms with Crippen LogP contribution in [-0.4, -0.2) is 34.9 Å². The molecule has 3 N–H and O–H groups in total. The molecule has 0 fully saturated rings. The Morgan fingerprint density at radius 2 is 0.608 bits per heavy atom. The Labute approximate surface area is 460 Å². The van der Waals surface area contributed by atoms with Gasteiger partial charge in [-0.15, -0.1) is 0 Å². The molecule has 0 bridgehead atoms. The van der Waals surface area contributed by atoms with E-state index in [9.17, 15) is 15.0 Å². The fourth-order valence-electron chi connectivity index (χ4n) is 9.15. The normalized spacial score (nSPS) is 13.6. The van der Waals surface area contributed by atoms with E-state index < -0.39 is 12.1 Å². The highest BCUT2D eigenvalue weighted by atomic mass is 16.3. The first-order valence-corrected chi connectivity index (χ1v) is 31.7. The molecule has 2 atom stereocenters. The summed E-state index contributed by atoms with van der Waals surface area (Å²) in [4.78, 5) is 12.5. The van der Waals surface area contributed by atoms with Crippen LogP contribution in [0.15, 0.2) is 122 Å². The van der Waals surface area contributed by atoms with Gasteiger partial charge < -0.3 is 15.5 Å². The molecular formula is C70H121NO3. The zero-order chi connectivity index (χ0) is 53.4. The maximum atomic E-state index is 12.5. The van der Waals surface area contributed by atoms with Crippen LogP contribution in [0.4, 0.5) is 0 Å². The third-order valence-electron chi connectivity index (χ3n) is 13.9. The monoisotopic (exact) mass is 1020 g/mol. The van der Waals surface area contributed by atoms with Crippen molar-refractivity contribution in [3.63, 3.8) is 0 Å². The van der Waals surface area contributed by atoms with Crippen molar-refractivity contribution in [3.05, 3.63) is 122 Å². The molecule has 0 aromatic heterocycles. The van der Waals surface area contributed by atoms with Gasteiger partial charge in [0, 0.05) is 6.42 Å². The van der Waals surface area contributed by atoms with Gasteiger partial charge in [0.1, 0.15) is 0 Å². The van der Waals surface area contributed by atoms with Crippen molar-refractivity contribution in [1.29, 1.82) is 0 Å². The van der Waals surface area contributed by atoms with Gasteiger partial charge in [0.05, 0.1) is 18.8 Å². The smallest absolute Gasteiger partial charge is 0.220 e. The van der Waals surface area contributed by atoms with Crippen molar-refractivity contribution in [2.45, 2.75) is 309 Å². The third kappa shape index (κ3) is 59.7. The minimum absolute atomic E-state index is 0.0746. The second-order valence-corrected chi connectivity index (χ2v) is 21.1. The first-order valence-electron chi connectivity index (χ1n) is 31.7. The van der Waals surface area contributed by atoms with Crippen LogP contribution in [0.1, 0.15) is 296 Å². The van der Waals surface area contributed by atoms with Crippen LogP contribution in [0.25, 0.3) is 0 Å². The minimum atomic E-state index is -0.868. The maximum absolute atomic E-state index is 12.5. The number of rotatable bonds is 57. The molecule has 0 heterocycles. The molecular weight excluding hydrogens is 903 g/mol. The lowest BCUT2D eigenvalue weighted by atomic mass is 10.0. The van der Waals surface area contributed by atoms with E-state index in [-0.39, 0.29) is 12.5 Å². The number of hydrogen-bond acceptors (Lipinski definition) is 3. The third-order valence-corrected chi connectivity index (χ3v) is 13.9.